The molecule has 1 unspecified atom stereocenters. The number of piperidine rings is 1. The van der Waals surface area contributed by atoms with Gasteiger partial charge in [-0.3, -0.25) is 14.4 Å². The van der Waals surface area contributed by atoms with Crippen LogP contribution in [0.3, 0.4) is 0 Å². The monoisotopic (exact) mass is 414 g/mol. The molecule has 2 heterocycles. The van der Waals surface area contributed by atoms with Gasteiger partial charge in [0.2, 0.25) is 5.91 Å². The zero-order valence-electron chi connectivity index (χ0n) is 16.7. The third-order valence-electron chi connectivity index (χ3n) is 5.28. The second-order valence-corrected chi connectivity index (χ2v) is 8.24. The summed E-state index contributed by atoms with van der Waals surface area (Å²) in [5.41, 5.74) is 1.99. The third-order valence-corrected chi connectivity index (χ3v) is 6.14. The highest BCUT2D eigenvalue weighted by Gasteiger charge is 2.30. The van der Waals surface area contributed by atoms with E-state index in [1.807, 2.05) is 53.6 Å². The van der Waals surface area contributed by atoms with Crippen molar-refractivity contribution in [1.82, 2.24) is 10.2 Å². The van der Waals surface area contributed by atoms with Gasteiger partial charge in [-0.15, -0.1) is 11.3 Å². The molecule has 1 aromatic carbocycles. The molecule has 2 amide bonds. The number of rotatable bonds is 6. The first-order chi connectivity index (χ1) is 14.0. The predicted octanol–water partition coefficient (Wildman–Crippen LogP) is 3.33. The van der Waals surface area contributed by atoms with Gasteiger partial charge >= 0.3 is 5.97 Å². The Balaban J connectivity index is 1.60. The van der Waals surface area contributed by atoms with Gasteiger partial charge in [0.25, 0.3) is 5.91 Å². The minimum Gasteiger partial charge on any atom is -0.469 e. The number of carbonyl (C=O) groups excluding carboxylic acids is 3. The van der Waals surface area contributed by atoms with E-state index in [9.17, 15) is 14.4 Å². The van der Waals surface area contributed by atoms with E-state index in [-0.39, 0.29) is 30.1 Å². The molecule has 3 rings (SSSR count). The number of thiophene rings is 1. The van der Waals surface area contributed by atoms with Crippen molar-refractivity contribution in [3.63, 3.8) is 0 Å². The lowest BCUT2D eigenvalue weighted by molar-refractivity contribution is -0.141. The smallest absolute Gasteiger partial charge is 0.307 e. The lowest BCUT2D eigenvalue weighted by Gasteiger charge is -2.32. The minimum atomic E-state index is -0.429. The Bertz CT molecular complexity index is 840. The van der Waals surface area contributed by atoms with Gasteiger partial charge in [-0.1, -0.05) is 35.9 Å². The van der Waals surface area contributed by atoms with Gasteiger partial charge in [-0.2, -0.15) is 0 Å². The topological polar surface area (TPSA) is 75.7 Å². The van der Waals surface area contributed by atoms with Crippen LogP contribution in [0.5, 0.6) is 0 Å². The van der Waals surface area contributed by atoms with E-state index in [0.717, 1.165) is 16.0 Å². The maximum absolute atomic E-state index is 12.9. The molecule has 154 valence electrons. The highest BCUT2D eigenvalue weighted by molar-refractivity contribution is 7.12. The molecule has 0 radical (unpaired) electrons. The molecule has 1 N–H and O–H groups in total. The van der Waals surface area contributed by atoms with Crippen LogP contribution in [0.4, 0.5) is 0 Å². The Morgan fingerprint density at radius 1 is 1.17 bits per heavy atom. The summed E-state index contributed by atoms with van der Waals surface area (Å²) >= 11 is 1.43. The lowest BCUT2D eigenvalue weighted by atomic mass is 9.94. The van der Waals surface area contributed by atoms with Gasteiger partial charge in [0.1, 0.15) is 0 Å². The van der Waals surface area contributed by atoms with Crippen molar-refractivity contribution in [2.45, 2.75) is 32.2 Å². The Hall–Kier alpha value is -2.67. The average molecular weight is 415 g/mol. The quantitative estimate of drug-likeness (QED) is 0.736. The van der Waals surface area contributed by atoms with E-state index in [2.05, 4.69) is 5.32 Å². The van der Waals surface area contributed by atoms with Crippen molar-refractivity contribution in [2.24, 2.45) is 5.92 Å². The molecule has 1 aliphatic rings. The molecular weight excluding hydrogens is 388 g/mol. The molecule has 1 saturated heterocycles. The van der Waals surface area contributed by atoms with E-state index in [0.29, 0.717) is 25.9 Å². The molecule has 0 spiro atoms. The fourth-order valence-corrected chi connectivity index (χ4v) is 4.18. The molecule has 7 heteroatoms. The Kier molecular flexibility index (Phi) is 7.04. The Morgan fingerprint density at radius 2 is 1.86 bits per heavy atom. The maximum Gasteiger partial charge on any atom is 0.307 e. The maximum atomic E-state index is 12.9. The second kappa shape index (κ2) is 9.69. The predicted molar refractivity (Wildman–Crippen MR) is 112 cm³/mol. The number of nitrogens with zero attached hydrogens (tertiary/aromatic N) is 1. The van der Waals surface area contributed by atoms with Crippen LogP contribution in [0.2, 0.25) is 0 Å². The van der Waals surface area contributed by atoms with E-state index in [4.69, 9.17) is 4.74 Å². The van der Waals surface area contributed by atoms with Crippen molar-refractivity contribution in [3.05, 3.63) is 57.8 Å². The number of benzene rings is 1. The van der Waals surface area contributed by atoms with Crippen LogP contribution >= 0.6 is 11.3 Å². The molecule has 0 bridgehead atoms. The minimum absolute atomic E-state index is 0.0297. The summed E-state index contributed by atoms with van der Waals surface area (Å²) in [5, 5.41) is 4.91. The SMILES string of the molecule is COC(=O)CC(NC(=O)C1CCN(C(=O)c2cccs2)CC1)c1ccc(C)cc1. The molecule has 1 aromatic heterocycles. The number of nitrogens with one attached hydrogen (secondary N) is 1. The summed E-state index contributed by atoms with van der Waals surface area (Å²) in [6, 6.07) is 11.0. The first kappa shape index (κ1) is 21.0. The summed E-state index contributed by atoms with van der Waals surface area (Å²) in [6.45, 7) is 3.10. The van der Waals surface area contributed by atoms with Crippen molar-refractivity contribution >= 4 is 29.1 Å². The van der Waals surface area contributed by atoms with Gasteiger partial charge < -0.3 is 15.0 Å². The number of likely N-dealkylation sites (tertiary alicyclic amines) is 1. The van der Waals surface area contributed by atoms with E-state index < -0.39 is 6.04 Å². The number of aryl methyl sites for hydroxylation is 1. The fourth-order valence-electron chi connectivity index (χ4n) is 3.49. The highest BCUT2D eigenvalue weighted by Crippen LogP contribution is 2.24. The molecule has 0 saturated carbocycles. The average Bonchev–Trinajstić information content (AvgIpc) is 3.28. The molecule has 1 atom stereocenters. The van der Waals surface area contributed by atoms with Crippen LogP contribution in [0, 0.1) is 12.8 Å². The largest absolute Gasteiger partial charge is 0.469 e. The van der Waals surface area contributed by atoms with Crippen LogP contribution in [-0.4, -0.2) is 42.9 Å². The molecule has 1 fully saturated rings. The van der Waals surface area contributed by atoms with Gasteiger partial charge in [0.05, 0.1) is 24.4 Å². The number of carbonyl (C=O) groups is 3. The van der Waals surface area contributed by atoms with Crippen molar-refractivity contribution in [1.29, 1.82) is 0 Å². The molecule has 0 aliphatic carbocycles. The van der Waals surface area contributed by atoms with Crippen molar-refractivity contribution < 1.29 is 19.1 Å². The summed E-state index contributed by atoms with van der Waals surface area (Å²) < 4.78 is 4.80. The van der Waals surface area contributed by atoms with E-state index >= 15 is 0 Å². The number of amides is 2. The number of hydrogen-bond donors (Lipinski definition) is 1. The third kappa shape index (κ3) is 5.44. The van der Waals surface area contributed by atoms with E-state index in [1.54, 1.807) is 0 Å². The van der Waals surface area contributed by atoms with Crippen LogP contribution in [0.1, 0.15) is 46.1 Å². The summed E-state index contributed by atoms with van der Waals surface area (Å²) in [4.78, 5) is 39.7. The van der Waals surface area contributed by atoms with Crippen LogP contribution in [-0.2, 0) is 14.3 Å². The van der Waals surface area contributed by atoms with Gasteiger partial charge in [-0.25, -0.2) is 0 Å². The number of hydrogen-bond acceptors (Lipinski definition) is 5. The van der Waals surface area contributed by atoms with Gasteiger partial charge in [-0.05, 0) is 36.8 Å². The van der Waals surface area contributed by atoms with Crippen molar-refractivity contribution in [2.75, 3.05) is 20.2 Å². The summed E-state index contributed by atoms with van der Waals surface area (Å²) in [5.74, 6) is -0.593. The zero-order chi connectivity index (χ0) is 20.8. The van der Waals surface area contributed by atoms with Crippen molar-refractivity contribution in [3.8, 4) is 0 Å². The number of esters is 1. The first-order valence-electron chi connectivity index (χ1n) is 9.74. The number of methoxy groups -OCH3 is 1. The molecule has 6 nitrogen and oxygen atoms in total. The summed E-state index contributed by atoms with van der Waals surface area (Å²) in [7, 11) is 1.34. The molecule has 1 aliphatic heterocycles. The van der Waals surface area contributed by atoms with Crippen LogP contribution < -0.4 is 5.32 Å². The van der Waals surface area contributed by atoms with Gasteiger partial charge in [0, 0.05) is 19.0 Å². The summed E-state index contributed by atoms with van der Waals surface area (Å²) in [6.07, 6.45) is 1.31. The van der Waals surface area contributed by atoms with Gasteiger partial charge in [0.15, 0.2) is 0 Å². The fraction of sp³-hybridized carbons (Fsp3) is 0.409. The highest BCUT2D eigenvalue weighted by atomic mass is 32.1. The number of ether oxygens (including phenoxy) is 1. The zero-order valence-corrected chi connectivity index (χ0v) is 17.5. The Labute approximate surface area is 174 Å². The molecular formula is C22H26N2O4S. The molecule has 29 heavy (non-hydrogen) atoms. The van der Waals surface area contributed by atoms with Crippen LogP contribution in [0.15, 0.2) is 41.8 Å². The van der Waals surface area contributed by atoms with Crippen LogP contribution in [0.25, 0.3) is 0 Å². The first-order valence-corrected chi connectivity index (χ1v) is 10.6. The molecule has 2 aromatic rings. The van der Waals surface area contributed by atoms with E-state index in [1.165, 1.54) is 18.4 Å². The normalized spacial score (nSPS) is 15.6. The second-order valence-electron chi connectivity index (χ2n) is 7.30. The standard InChI is InChI=1S/C22H26N2O4S/c1-15-5-7-16(8-6-15)18(14-20(25)28-2)23-21(26)17-9-11-24(12-10-17)22(27)19-4-3-13-29-19/h3-8,13,17-18H,9-12,14H2,1-2H3,(H,23,26). The lowest BCUT2D eigenvalue weighted by Crippen LogP contribution is -2.43. The Morgan fingerprint density at radius 3 is 2.45 bits per heavy atom.